The van der Waals surface area contributed by atoms with E-state index in [4.69, 9.17) is 9.97 Å². The highest BCUT2D eigenvalue weighted by molar-refractivity contribution is 5.78. The fourth-order valence-electron chi connectivity index (χ4n) is 9.75. The van der Waals surface area contributed by atoms with Crippen LogP contribution in [0.15, 0.2) is 131 Å². The Labute approximate surface area is 427 Å². The smallest absolute Gasteiger partial charge is 0.278 e. The van der Waals surface area contributed by atoms with E-state index in [1.807, 2.05) is 72.8 Å². The van der Waals surface area contributed by atoms with Crippen LogP contribution in [0.3, 0.4) is 0 Å². The highest BCUT2D eigenvalue weighted by Gasteiger charge is 2.23. The van der Waals surface area contributed by atoms with Gasteiger partial charge in [0.15, 0.2) is 22.9 Å². The van der Waals surface area contributed by atoms with Gasteiger partial charge in [0.25, 0.3) is 11.1 Å². The van der Waals surface area contributed by atoms with Crippen molar-refractivity contribution in [2.45, 2.75) is 51.0 Å². The summed E-state index contributed by atoms with van der Waals surface area (Å²) < 4.78 is 6.64. The highest BCUT2D eigenvalue weighted by Crippen LogP contribution is 2.27. The van der Waals surface area contributed by atoms with Crippen LogP contribution in [0.25, 0.3) is 33.7 Å². The van der Waals surface area contributed by atoms with Crippen molar-refractivity contribution in [1.82, 2.24) is 58.4 Å². The van der Waals surface area contributed by atoms with Gasteiger partial charge in [-0.25, -0.2) is 38.7 Å². The topological polar surface area (TPSA) is 209 Å². The number of benzene rings is 2. The summed E-state index contributed by atoms with van der Waals surface area (Å²) in [5, 5.41) is 28.5. The van der Waals surface area contributed by atoms with Gasteiger partial charge < -0.3 is 40.4 Å². The number of allylic oxidation sites excluding steroid dienone is 4. The third-order valence-electron chi connectivity index (χ3n) is 14.1. The van der Waals surface area contributed by atoms with Crippen LogP contribution in [-0.2, 0) is 13.1 Å². The molecule has 74 heavy (non-hydrogen) atoms. The lowest BCUT2D eigenvalue weighted by Gasteiger charge is -2.34. The average Bonchev–Trinajstić information content (AvgIpc) is 3.85. The first-order valence-corrected chi connectivity index (χ1v) is 25.3. The van der Waals surface area contributed by atoms with Crippen molar-refractivity contribution in [2.75, 3.05) is 86.9 Å². The molecular formula is C54H60N16O4. The molecule has 2 saturated heterocycles. The number of hydrogen-bond donors (Lipinski definition) is 4. The summed E-state index contributed by atoms with van der Waals surface area (Å²) in [4.78, 5) is 63.7. The lowest BCUT2D eigenvalue weighted by molar-refractivity contribution is 0.163. The fourth-order valence-corrected chi connectivity index (χ4v) is 9.75. The average molecular weight is 997 g/mol. The molecule has 0 saturated carbocycles. The second kappa shape index (κ2) is 21.2. The van der Waals surface area contributed by atoms with E-state index in [9.17, 15) is 19.8 Å². The minimum absolute atomic E-state index is 0.185. The summed E-state index contributed by atoms with van der Waals surface area (Å²) in [6.07, 6.45) is 12.1. The van der Waals surface area contributed by atoms with Gasteiger partial charge in [0.2, 0.25) is 11.9 Å². The van der Waals surface area contributed by atoms with Gasteiger partial charge in [-0.2, -0.15) is 9.97 Å². The highest BCUT2D eigenvalue weighted by atomic mass is 16.3. The third-order valence-corrected chi connectivity index (χ3v) is 14.1. The summed E-state index contributed by atoms with van der Waals surface area (Å²) in [6, 6.07) is 27.4. The van der Waals surface area contributed by atoms with Crippen LogP contribution < -0.4 is 31.6 Å². The third kappa shape index (κ3) is 10.2. The summed E-state index contributed by atoms with van der Waals surface area (Å²) in [5.74, 6) is 1.84. The maximum atomic E-state index is 13.3. The van der Waals surface area contributed by atoms with E-state index in [1.54, 1.807) is 43.3 Å². The van der Waals surface area contributed by atoms with Gasteiger partial charge in [-0.1, -0.05) is 36.4 Å². The predicted octanol–water partition coefficient (Wildman–Crippen LogP) is 5.71. The Balaban J connectivity index is 0.000000159. The molecule has 6 aromatic heterocycles. The molecule has 20 heteroatoms. The van der Waals surface area contributed by atoms with Crippen LogP contribution >= 0.6 is 0 Å². The van der Waals surface area contributed by atoms with Crippen molar-refractivity contribution in [3.63, 3.8) is 0 Å². The van der Waals surface area contributed by atoms with Crippen molar-refractivity contribution in [3.8, 4) is 11.6 Å². The molecule has 12 rings (SSSR count). The molecule has 0 unspecified atom stereocenters. The van der Waals surface area contributed by atoms with Gasteiger partial charge in [-0.15, -0.1) is 0 Å². The molecular weight excluding hydrogens is 937 g/mol. The molecule has 380 valence electrons. The first-order valence-electron chi connectivity index (χ1n) is 25.3. The van der Waals surface area contributed by atoms with Crippen LogP contribution in [-0.4, -0.2) is 135 Å². The molecule has 2 atom stereocenters. The standard InChI is InChI=1S/2C27H30N8O2/c2*1-32-14-16-33(17-15-32)20-11-9-19(10-12-20)29-27-28-18-21-25(31-27)35-24-8-5-6-22(30-24)23(36)7-3-2-4-13-34(35)26(21)37/h2*2,4-6,8-12,18,23,36H,3,7,13-17H2,1H3,(H,28,29,31)/b2*4-2-/t2*23-/m10/s1. The van der Waals surface area contributed by atoms with Crippen molar-refractivity contribution in [1.29, 1.82) is 0 Å². The van der Waals surface area contributed by atoms with Crippen LogP contribution in [0.1, 0.15) is 49.3 Å². The minimum atomic E-state index is -0.676. The number of piperazine rings is 2. The molecule has 0 aliphatic carbocycles. The normalized spacial score (nSPS) is 19.3. The summed E-state index contributed by atoms with van der Waals surface area (Å²) >= 11 is 0. The van der Waals surface area contributed by atoms with E-state index in [-0.39, 0.29) is 11.1 Å². The number of anilines is 6. The number of nitrogens with zero attached hydrogens (tertiary/aromatic N) is 14. The van der Waals surface area contributed by atoms with E-state index in [2.05, 4.69) is 88.5 Å². The van der Waals surface area contributed by atoms with Crippen LogP contribution in [0.4, 0.5) is 34.6 Å². The second-order valence-corrected chi connectivity index (χ2v) is 19.2. The summed E-state index contributed by atoms with van der Waals surface area (Å²) in [6.45, 7) is 9.02. The molecule has 0 radical (unpaired) electrons. The number of aliphatic hydroxyl groups is 2. The fraction of sp³-hybridized carbons (Fsp3) is 0.333. The number of fused-ring (bicyclic) bond motifs is 12. The number of aliphatic hydroxyl groups excluding tert-OH is 2. The zero-order chi connectivity index (χ0) is 50.7. The quantitative estimate of drug-likeness (QED) is 0.147. The van der Waals surface area contributed by atoms with Crippen molar-refractivity contribution in [2.24, 2.45) is 0 Å². The summed E-state index contributed by atoms with van der Waals surface area (Å²) in [5.41, 5.74) is 5.81. The van der Waals surface area contributed by atoms with E-state index in [0.717, 1.165) is 63.7 Å². The Morgan fingerprint density at radius 1 is 0.500 bits per heavy atom. The largest absolute Gasteiger partial charge is 0.387 e. The zero-order valence-electron chi connectivity index (χ0n) is 41.6. The second-order valence-electron chi connectivity index (χ2n) is 19.2. The van der Waals surface area contributed by atoms with E-state index < -0.39 is 12.2 Å². The SMILES string of the molecule is CN1CCN(c2ccc(Nc3ncc4c(=O)n5n(c4n3)-c3cccc(n3)[C@@H](O)CC/C=C\C5)cc2)CC1.CN1CCN(c2ccc(Nc3ncc4c(=O)n5n(c4n3)-c3cccc(n3)[C@H](O)CC/C=C\C5)cc2)CC1. The zero-order valence-corrected chi connectivity index (χ0v) is 41.6. The number of likely N-dealkylation sites (N-methyl/N-ethyl adjacent to an activating group) is 2. The van der Waals surface area contributed by atoms with Gasteiger partial charge in [0, 0.05) is 87.5 Å². The Kier molecular flexibility index (Phi) is 13.8. The first-order chi connectivity index (χ1) is 36.1. The minimum Gasteiger partial charge on any atom is -0.387 e. The van der Waals surface area contributed by atoms with Crippen molar-refractivity contribution >= 4 is 56.7 Å². The first kappa shape index (κ1) is 48.2. The lowest BCUT2D eigenvalue weighted by Crippen LogP contribution is -2.44. The van der Waals surface area contributed by atoms with Gasteiger partial charge in [-0.05, 0) is 113 Å². The van der Waals surface area contributed by atoms with Crippen LogP contribution in [0.2, 0.25) is 0 Å². The molecule has 10 heterocycles. The van der Waals surface area contributed by atoms with Crippen molar-refractivity contribution in [3.05, 3.63) is 154 Å². The molecule has 4 aliphatic heterocycles. The van der Waals surface area contributed by atoms with Gasteiger partial charge in [-0.3, -0.25) is 9.59 Å². The molecule has 4 bridgehead atoms. The Morgan fingerprint density at radius 2 is 0.905 bits per heavy atom. The number of rotatable bonds is 6. The molecule has 8 aromatic rings. The molecule has 4 aliphatic rings. The van der Waals surface area contributed by atoms with E-state index >= 15 is 0 Å². The number of pyridine rings is 2. The molecule has 2 aromatic carbocycles. The lowest BCUT2D eigenvalue weighted by atomic mass is 10.1. The molecule has 0 spiro atoms. The van der Waals surface area contributed by atoms with Crippen LogP contribution in [0, 0.1) is 0 Å². The molecule has 20 nitrogen and oxygen atoms in total. The molecule has 0 amide bonds. The van der Waals surface area contributed by atoms with Crippen LogP contribution in [0.5, 0.6) is 0 Å². The molecule has 4 N–H and O–H groups in total. The van der Waals surface area contributed by atoms with E-state index in [0.29, 0.717) is 95.8 Å². The number of aromatic nitrogens is 10. The maximum Gasteiger partial charge on any atom is 0.278 e. The van der Waals surface area contributed by atoms with Gasteiger partial charge in [0.1, 0.15) is 10.8 Å². The monoisotopic (exact) mass is 996 g/mol. The molecule has 2 fully saturated rings. The number of hydrogen-bond acceptors (Lipinski definition) is 16. The van der Waals surface area contributed by atoms with Crippen molar-refractivity contribution < 1.29 is 10.2 Å². The maximum absolute atomic E-state index is 13.3. The van der Waals surface area contributed by atoms with E-state index in [1.165, 1.54) is 11.4 Å². The number of nitrogens with one attached hydrogen (secondary N) is 2. The Bertz CT molecular complexity index is 3230. The van der Waals surface area contributed by atoms with Gasteiger partial charge in [0.05, 0.1) is 36.7 Å². The Morgan fingerprint density at radius 3 is 1.31 bits per heavy atom. The summed E-state index contributed by atoms with van der Waals surface area (Å²) in [7, 11) is 4.30. The van der Waals surface area contributed by atoms with Gasteiger partial charge >= 0.3 is 0 Å². The Hall–Kier alpha value is -8.04. The predicted molar refractivity (Wildman–Crippen MR) is 287 cm³/mol.